The Kier molecular flexibility index (Phi) is 3.34. The summed E-state index contributed by atoms with van der Waals surface area (Å²) in [7, 11) is 0. The van der Waals surface area contributed by atoms with Crippen molar-refractivity contribution >= 4 is 17.7 Å². The highest BCUT2D eigenvalue weighted by Gasteiger charge is 2.65. The van der Waals surface area contributed by atoms with Crippen LogP contribution in [0, 0.1) is 17.3 Å². The predicted octanol–water partition coefficient (Wildman–Crippen LogP) is 1.59. The zero-order valence-corrected chi connectivity index (χ0v) is 11.4. The molecule has 1 saturated carbocycles. The number of aryl methyl sites for hydroxylation is 1. The van der Waals surface area contributed by atoms with E-state index in [0.29, 0.717) is 5.82 Å². The molecule has 1 aromatic rings. The van der Waals surface area contributed by atoms with Crippen LogP contribution in [0.3, 0.4) is 0 Å². The topological polar surface area (TPSA) is 84.2 Å². The normalized spacial score (nSPS) is 23.9. The Bertz CT molecular complexity index is 507. The molecule has 0 bridgehead atoms. The Morgan fingerprint density at radius 1 is 1.47 bits per heavy atom. The summed E-state index contributed by atoms with van der Waals surface area (Å²) in [6.07, 6.45) is 2.76. The molecule has 1 amide bonds. The number of carbonyl (C=O) groups is 2. The van der Waals surface area contributed by atoms with Gasteiger partial charge < -0.3 is 10.4 Å². The van der Waals surface area contributed by atoms with Gasteiger partial charge in [0.15, 0.2) is 5.82 Å². The van der Waals surface area contributed by atoms with Gasteiger partial charge >= 0.3 is 5.97 Å². The molecule has 0 aromatic carbocycles. The van der Waals surface area contributed by atoms with E-state index in [2.05, 4.69) is 10.4 Å². The first-order chi connectivity index (χ1) is 8.87. The van der Waals surface area contributed by atoms with Crippen molar-refractivity contribution in [2.45, 2.75) is 33.7 Å². The van der Waals surface area contributed by atoms with Crippen molar-refractivity contribution in [1.29, 1.82) is 0 Å². The summed E-state index contributed by atoms with van der Waals surface area (Å²) in [5.41, 5.74) is -0.484. The van der Waals surface area contributed by atoms with Crippen LogP contribution in [-0.2, 0) is 16.1 Å². The van der Waals surface area contributed by atoms with E-state index in [9.17, 15) is 9.59 Å². The maximum Gasteiger partial charge on any atom is 0.307 e. The molecule has 1 fully saturated rings. The summed E-state index contributed by atoms with van der Waals surface area (Å²) in [5.74, 6) is -1.79. The number of nitrogens with one attached hydrogen (secondary N) is 1. The average Bonchev–Trinajstić information content (AvgIpc) is 2.65. The SMILES string of the molecule is CCCn1ccc(NC(=O)[C@H]2[C@@H](C(=O)O)C2(C)C)n1. The summed E-state index contributed by atoms with van der Waals surface area (Å²) >= 11 is 0. The number of aliphatic carboxylic acids is 1. The first kappa shape index (κ1) is 13.6. The minimum absolute atomic E-state index is 0.265. The lowest BCUT2D eigenvalue weighted by Gasteiger charge is -2.03. The van der Waals surface area contributed by atoms with Crippen molar-refractivity contribution in [3.63, 3.8) is 0 Å². The second-order valence-electron chi connectivity index (χ2n) is 5.57. The van der Waals surface area contributed by atoms with Gasteiger partial charge in [-0.05, 0) is 11.8 Å². The molecule has 1 aliphatic rings. The molecule has 104 valence electrons. The van der Waals surface area contributed by atoms with Crippen LogP contribution < -0.4 is 5.32 Å². The van der Waals surface area contributed by atoms with Crippen molar-refractivity contribution < 1.29 is 14.7 Å². The van der Waals surface area contributed by atoms with Gasteiger partial charge in [0.2, 0.25) is 5.91 Å². The maximum absolute atomic E-state index is 12.0. The van der Waals surface area contributed by atoms with Crippen LogP contribution in [0.1, 0.15) is 27.2 Å². The van der Waals surface area contributed by atoms with Gasteiger partial charge in [0.25, 0.3) is 0 Å². The summed E-state index contributed by atoms with van der Waals surface area (Å²) in [6.45, 7) is 6.43. The quantitative estimate of drug-likeness (QED) is 0.846. The van der Waals surface area contributed by atoms with Crippen molar-refractivity contribution in [3.05, 3.63) is 12.3 Å². The van der Waals surface area contributed by atoms with Gasteiger partial charge in [0.1, 0.15) is 0 Å². The highest BCUT2D eigenvalue weighted by Crippen LogP contribution is 2.58. The molecule has 1 heterocycles. The highest BCUT2D eigenvalue weighted by molar-refractivity contribution is 5.99. The third kappa shape index (κ3) is 2.47. The van der Waals surface area contributed by atoms with Crippen molar-refractivity contribution in [2.24, 2.45) is 17.3 Å². The number of aromatic nitrogens is 2. The molecule has 2 rings (SSSR count). The smallest absolute Gasteiger partial charge is 0.307 e. The largest absolute Gasteiger partial charge is 0.481 e. The fourth-order valence-electron chi connectivity index (χ4n) is 2.57. The molecular weight excluding hydrogens is 246 g/mol. The van der Waals surface area contributed by atoms with Crippen LogP contribution >= 0.6 is 0 Å². The van der Waals surface area contributed by atoms with Gasteiger partial charge in [0, 0.05) is 18.8 Å². The Hall–Kier alpha value is -1.85. The molecule has 2 atom stereocenters. The van der Waals surface area contributed by atoms with E-state index in [-0.39, 0.29) is 5.91 Å². The molecule has 0 aliphatic heterocycles. The molecular formula is C13H19N3O3. The summed E-state index contributed by atoms with van der Waals surface area (Å²) < 4.78 is 1.75. The van der Waals surface area contributed by atoms with E-state index in [1.54, 1.807) is 30.8 Å². The van der Waals surface area contributed by atoms with E-state index >= 15 is 0 Å². The van der Waals surface area contributed by atoms with Crippen LogP contribution in [0.15, 0.2) is 12.3 Å². The lowest BCUT2D eigenvalue weighted by Crippen LogP contribution is -2.18. The number of hydrogen-bond acceptors (Lipinski definition) is 3. The Labute approximate surface area is 111 Å². The van der Waals surface area contributed by atoms with E-state index in [4.69, 9.17) is 5.11 Å². The Morgan fingerprint density at radius 3 is 2.68 bits per heavy atom. The first-order valence-electron chi connectivity index (χ1n) is 6.45. The standard InChI is InChI=1S/C13H19N3O3/c1-4-6-16-7-5-8(15-16)14-11(17)9-10(12(18)19)13(9,2)3/h5,7,9-10H,4,6H2,1-3H3,(H,18,19)(H,14,15,17)/t9-,10+/m1/s1. The van der Waals surface area contributed by atoms with E-state index in [1.165, 1.54) is 0 Å². The maximum atomic E-state index is 12.0. The van der Waals surface area contributed by atoms with Gasteiger partial charge in [-0.15, -0.1) is 0 Å². The summed E-state index contributed by atoms with van der Waals surface area (Å²) in [6, 6.07) is 1.72. The predicted molar refractivity (Wildman–Crippen MR) is 69.5 cm³/mol. The second kappa shape index (κ2) is 4.68. The number of nitrogens with zero attached hydrogens (tertiary/aromatic N) is 2. The first-order valence-corrected chi connectivity index (χ1v) is 6.45. The number of amides is 1. The average molecular weight is 265 g/mol. The fourth-order valence-corrected chi connectivity index (χ4v) is 2.57. The van der Waals surface area contributed by atoms with Crippen LogP contribution in [0.4, 0.5) is 5.82 Å². The van der Waals surface area contributed by atoms with Gasteiger partial charge in [-0.1, -0.05) is 20.8 Å². The molecule has 6 nitrogen and oxygen atoms in total. The number of carboxylic acid groups (broad SMARTS) is 1. The summed E-state index contributed by atoms with van der Waals surface area (Å²) in [5, 5.41) is 15.9. The van der Waals surface area contributed by atoms with Gasteiger partial charge in [-0.25, -0.2) is 0 Å². The third-order valence-corrected chi connectivity index (χ3v) is 3.72. The monoisotopic (exact) mass is 265 g/mol. The van der Waals surface area contributed by atoms with Gasteiger partial charge in [0.05, 0.1) is 11.8 Å². The number of carboxylic acids is 1. The molecule has 2 N–H and O–H groups in total. The minimum atomic E-state index is -0.915. The molecule has 0 saturated heterocycles. The van der Waals surface area contributed by atoms with Gasteiger partial charge in [-0.3, -0.25) is 14.3 Å². The van der Waals surface area contributed by atoms with E-state index < -0.39 is 23.2 Å². The Balaban J connectivity index is 2.00. The van der Waals surface area contributed by atoms with Crippen LogP contribution in [0.2, 0.25) is 0 Å². The summed E-state index contributed by atoms with van der Waals surface area (Å²) in [4.78, 5) is 23.1. The molecule has 0 radical (unpaired) electrons. The second-order valence-corrected chi connectivity index (χ2v) is 5.57. The van der Waals surface area contributed by atoms with Crippen LogP contribution in [0.5, 0.6) is 0 Å². The van der Waals surface area contributed by atoms with E-state index in [0.717, 1.165) is 13.0 Å². The zero-order valence-electron chi connectivity index (χ0n) is 11.4. The van der Waals surface area contributed by atoms with Crippen molar-refractivity contribution in [3.8, 4) is 0 Å². The lowest BCUT2D eigenvalue weighted by molar-refractivity contribution is -0.140. The third-order valence-electron chi connectivity index (χ3n) is 3.72. The Morgan fingerprint density at radius 2 is 2.16 bits per heavy atom. The number of anilines is 1. The lowest BCUT2D eigenvalue weighted by atomic mass is 10.1. The highest BCUT2D eigenvalue weighted by atomic mass is 16.4. The number of carbonyl (C=O) groups excluding carboxylic acids is 1. The minimum Gasteiger partial charge on any atom is -0.481 e. The molecule has 1 aliphatic carbocycles. The molecule has 1 aromatic heterocycles. The van der Waals surface area contributed by atoms with Crippen LogP contribution in [-0.4, -0.2) is 26.8 Å². The zero-order chi connectivity index (χ0) is 14.2. The fraction of sp³-hybridized carbons (Fsp3) is 0.615. The molecule has 6 heteroatoms. The van der Waals surface area contributed by atoms with Crippen LogP contribution in [0.25, 0.3) is 0 Å². The van der Waals surface area contributed by atoms with Crippen molar-refractivity contribution in [2.75, 3.05) is 5.32 Å². The molecule has 0 spiro atoms. The van der Waals surface area contributed by atoms with Gasteiger partial charge in [-0.2, -0.15) is 5.10 Å². The molecule has 19 heavy (non-hydrogen) atoms. The number of hydrogen-bond donors (Lipinski definition) is 2. The molecule has 0 unspecified atom stereocenters. The van der Waals surface area contributed by atoms with Crippen molar-refractivity contribution in [1.82, 2.24) is 9.78 Å². The van der Waals surface area contributed by atoms with E-state index in [1.807, 2.05) is 6.92 Å². The number of rotatable bonds is 5.